The quantitative estimate of drug-likeness (QED) is 0.795. The Morgan fingerprint density at radius 1 is 1.33 bits per heavy atom. The van der Waals surface area contributed by atoms with Crippen molar-refractivity contribution in [1.29, 1.82) is 0 Å². The minimum Gasteiger partial charge on any atom is -0.496 e. The summed E-state index contributed by atoms with van der Waals surface area (Å²) in [7, 11) is 1.63. The third-order valence-corrected chi connectivity index (χ3v) is 4.20. The molecular formula is C17H21NO2S. The Labute approximate surface area is 130 Å². The second-order valence-electron chi connectivity index (χ2n) is 6.16. The topological polar surface area (TPSA) is 39.2 Å². The Bertz CT molecular complexity index is 653. The smallest absolute Gasteiger partial charge is 0.169 e. The van der Waals surface area contributed by atoms with Crippen LogP contribution in [-0.4, -0.2) is 17.9 Å². The van der Waals surface area contributed by atoms with Gasteiger partial charge in [-0.05, 0) is 30.7 Å². The molecule has 0 aliphatic rings. The van der Waals surface area contributed by atoms with Gasteiger partial charge >= 0.3 is 0 Å². The molecule has 1 aromatic heterocycles. The first-order chi connectivity index (χ1) is 9.81. The lowest BCUT2D eigenvalue weighted by Crippen LogP contribution is -2.12. The zero-order valence-electron chi connectivity index (χ0n) is 13.2. The molecular weight excluding hydrogens is 282 g/mol. The van der Waals surface area contributed by atoms with Gasteiger partial charge in [0.05, 0.1) is 19.2 Å². The predicted octanol–water partition coefficient (Wildman–Crippen LogP) is 4.18. The van der Waals surface area contributed by atoms with Gasteiger partial charge in [0.15, 0.2) is 5.78 Å². The third-order valence-electron chi connectivity index (χ3n) is 3.35. The zero-order valence-corrected chi connectivity index (χ0v) is 14.0. The third kappa shape index (κ3) is 3.70. The second-order valence-corrected chi connectivity index (χ2v) is 7.10. The highest BCUT2D eigenvalue weighted by Gasteiger charge is 2.19. The van der Waals surface area contributed by atoms with Crippen LogP contribution < -0.4 is 4.74 Å². The lowest BCUT2D eigenvalue weighted by Gasteiger charge is -2.14. The lowest BCUT2D eigenvalue weighted by atomic mass is 9.93. The number of Topliss-reactive ketones (excluding diaryl/α,β-unsaturated/α-hetero) is 1. The van der Waals surface area contributed by atoms with Gasteiger partial charge in [-0.1, -0.05) is 20.8 Å². The summed E-state index contributed by atoms with van der Waals surface area (Å²) in [5.41, 5.74) is 2.74. The van der Waals surface area contributed by atoms with E-state index in [0.29, 0.717) is 12.0 Å². The van der Waals surface area contributed by atoms with Crippen molar-refractivity contribution in [2.24, 2.45) is 0 Å². The molecule has 0 saturated carbocycles. The van der Waals surface area contributed by atoms with Gasteiger partial charge in [0.1, 0.15) is 10.8 Å². The molecule has 4 heteroatoms. The average Bonchev–Trinajstić information content (AvgIpc) is 2.87. The van der Waals surface area contributed by atoms with Crippen molar-refractivity contribution >= 4 is 17.1 Å². The van der Waals surface area contributed by atoms with Gasteiger partial charge in [-0.2, -0.15) is 0 Å². The summed E-state index contributed by atoms with van der Waals surface area (Å²) < 4.78 is 5.22. The number of carbonyl (C=O) groups excluding carboxylic acids is 1. The number of hydrogen-bond donors (Lipinski definition) is 0. The van der Waals surface area contributed by atoms with Crippen molar-refractivity contribution in [1.82, 2.24) is 4.98 Å². The molecule has 0 spiro atoms. The van der Waals surface area contributed by atoms with Crippen molar-refractivity contribution < 1.29 is 9.53 Å². The van der Waals surface area contributed by atoms with Gasteiger partial charge in [0.25, 0.3) is 0 Å². The van der Waals surface area contributed by atoms with Gasteiger partial charge in [0, 0.05) is 16.4 Å². The normalized spacial score (nSPS) is 11.5. The highest BCUT2D eigenvalue weighted by atomic mass is 32.1. The summed E-state index contributed by atoms with van der Waals surface area (Å²) in [5.74, 6) is 0.895. The Morgan fingerprint density at radius 3 is 2.57 bits per heavy atom. The molecule has 0 unspecified atom stereocenters. The summed E-state index contributed by atoms with van der Waals surface area (Å²) in [6, 6.07) is 5.52. The fourth-order valence-electron chi connectivity index (χ4n) is 2.03. The number of ketones is 1. The molecule has 0 atom stereocenters. The maximum atomic E-state index is 12.4. The number of thiazole rings is 1. The maximum absolute atomic E-state index is 12.4. The Kier molecular flexibility index (Phi) is 4.47. The number of ether oxygens (including phenoxy) is 1. The van der Waals surface area contributed by atoms with Crippen molar-refractivity contribution in [2.75, 3.05) is 7.11 Å². The van der Waals surface area contributed by atoms with Gasteiger partial charge < -0.3 is 4.74 Å². The number of aryl methyl sites for hydroxylation is 1. The molecule has 0 aliphatic carbocycles. The molecule has 2 aromatic rings. The van der Waals surface area contributed by atoms with Gasteiger partial charge in [0.2, 0.25) is 0 Å². The maximum Gasteiger partial charge on any atom is 0.169 e. The average molecular weight is 303 g/mol. The minimum atomic E-state index is 0.0223. The molecule has 0 amide bonds. The van der Waals surface area contributed by atoms with E-state index in [-0.39, 0.29) is 11.2 Å². The molecule has 3 nitrogen and oxygen atoms in total. The summed E-state index contributed by atoms with van der Waals surface area (Å²) in [6.45, 7) is 8.32. The number of aromatic nitrogens is 1. The monoisotopic (exact) mass is 303 g/mol. The lowest BCUT2D eigenvalue weighted by molar-refractivity contribution is 0.0992. The molecule has 0 saturated heterocycles. The van der Waals surface area contributed by atoms with Gasteiger partial charge in [-0.3, -0.25) is 4.79 Å². The molecule has 0 fully saturated rings. The van der Waals surface area contributed by atoms with E-state index in [1.807, 2.05) is 30.5 Å². The van der Waals surface area contributed by atoms with Crippen LogP contribution in [0.3, 0.4) is 0 Å². The van der Waals surface area contributed by atoms with Crippen LogP contribution in [0.4, 0.5) is 0 Å². The summed E-state index contributed by atoms with van der Waals surface area (Å²) in [4.78, 5) is 16.9. The number of rotatable bonds is 4. The molecule has 0 N–H and O–H groups in total. The first-order valence-electron chi connectivity index (χ1n) is 6.94. The molecule has 21 heavy (non-hydrogen) atoms. The first kappa shape index (κ1) is 15.7. The SMILES string of the molecule is COc1ccc(C(=O)Cc2nc(C(C)(C)C)cs2)cc1C. The summed E-state index contributed by atoms with van der Waals surface area (Å²) in [6.07, 6.45) is 0.354. The number of hydrogen-bond acceptors (Lipinski definition) is 4. The van der Waals surface area contributed by atoms with Crippen LogP contribution in [0.1, 0.15) is 47.4 Å². The van der Waals surface area contributed by atoms with Crippen LogP contribution >= 0.6 is 11.3 Å². The molecule has 0 aliphatic heterocycles. The molecule has 0 radical (unpaired) electrons. The van der Waals surface area contributed by atoms with Crippen LogP contribution in [0.2, 0.25) is 0 Å². The van der Waals surface area contributed by atoms with E-state index in [0.717, 1.165) is 22.0 Å². The molecule has 2 rings (SSSR count). The highest BCUT2D eigenvalue weighted by molar-refractivity contribution is 7.09. The number of nitrogens with zero attached hydrogens (tertiary/aromatic N) is 1. The Hall–Kier alpha value is -1.68. The van der Waals surface area contributed by atoms with Crippen LogP contribution in [0.25, 0.3) is 0 Å². The van der Waals surface area contributed by atoms with E-state index >= 15 is 0 Å². The number of methoxy groups -OCH3 is 1. The number of benzene rings is 1. The first-order valence-corrected chi connectivity index (χ1v) is 7.82. The van der Waals surface area contributed by atoms with Crippen LogP contribution in [0.15, 0.2) is 23.6 Å². The Morgan fingerprint density at radius 2 is 2.05 bits per heavy atom. The van der Waals surface area contributed by atoms with Crippen LogP contribution in [0.5, 0.6) is 5.75 Å². The van der Waals surface area contributed by atoms with Crippen LogP contribution in [-0.2, 0) is 11.8 Å². The number of carbonyl (C=O) groups is 1. The van der Waals surface area contributed by atoms with Crippen molar-refractivity contribution in [2.45, 2.75) is 39.5 Å². The standard InChI is InChI=1S/C17H21NO2S/c1-11-8-12(6-7-14(11)20-5)13(19)9-16-18-15(10-21-16)17(2,3)4/h6-8,10H,9H2,1-5H3. The molecule has 112 valence electrons. The predicted molar refractivity (Wildman–Crippen MR) is 86.6 cm³/mol. The largest absolute Gasteiger partial charge is 0.496 e. The van der Waals surface area contributed by atoms with E-state index in [1.165, 1.54) is 0 Å². The molecule has 1 aromatic carbocycles. The highest BCUT2D eigenvalue weighted by Crippen LogP contribution is 2.25. The van der Waals surface area contributed by atoms with Crippen molar-refractivity contribution in [3.05, 3.63) is 45.4 Å². The van der Waals surface area contributed by atoms with E-state index in [4.69, 9.17) is 4.74 Å². The van der Waals surface area contributed by atoms with Crippen LogP contribution in [0, 0.1) is 6.92 Å². The van der Waals surface area contributed by atoms with Gasteiger partial charge in [-0.25, -0.2) is 4.98 Å². The fourth-order valence-corrected chi connectivity index (χ4v) is 3.05. The van der Waals surface area contributed by atoms with E-state index < -0.39 is 0 Å². The second kappa shape index (κ2) is 5.98. The van der Waals surface area contributed by atoms with E-state index in [2.05, 4.69) is 25.8 Å². The molecule has 1 heterocycles. The molecule has 0 bridgehead atoms. The minimum absolute atomic E-state index is 0.0223. The van der Waals surface area contributed by atoms with Crippen molar-refractivity contribution in [3.8, 4) is 5.75 Å². The van der Waals surface area contributed by atoms with E-state index in [1.54, 1.807) is 18.4 Å². The van der Waals surface area contributed by atoms with E-state index in [9.17, 15) is 4.79 Å². The summed E-state index contributed by atoms with van der Waals surface area (Å²) >= 11 is 1.55. The zero-order chi connectivity index (χ0) is 15.6. The summed E-state index contributed by atoms with van der Waals surface area (Å²) in [5, 5.41) is 2.92. The van der Waals surface area contributed by atoms with Crippen molar-refractivity contribution in [3.63, 3.8) is 0 Å². The van der Waals surface area contributed by atoms with Gasteiger partial charge in [-0.15, -0.1) is 11.3 Å². The fraction of sp³-hybridized carbons (Fsp3) is 0.412. The Balaban J connectivity index is 2.14.